The lowest BCUT2D eigenvalue weighted by Crippen LogP contribution is -1.94. The van der Waals surface area contributed by atoms with Crippen LogP contribution in [0.25, 0.3) is 0 Å². The van der Waals surface area contributed by atoms with E-state index in [4.69, 9.17) is 21.6 Å². The lowest BCUT2D eigenvalue weighted by molar-refractivity contribution is -0.385. The first-order valence-electron chi connectivity index (χ1n) is 5.19. The fraction of sp³-hybridized carbons (Fsp3) is 0. The quantitative estimate of drug-likeness (QED) is 0.491. The molecule has 8 heteroatoms. The Morgan fingerprint density at radius 2 is 2.15 bits per heavy atom. The third-order valence-corrected chi connectivity index (χ3v) is 2.44. The highest BCUT2D eigenvalue weighted by Crippen LogP contribution is 2.27. The molecule has 0 saturated carbocycles. The third-order valence-electron chi connectivity index (χ3n) is 2.25. The number of hydrogen-bond donors (Lipinski definition) is 0. The van der Waals surface area contributed by atoms with Gasteiger partial charge in [0.1, 0.15) is 22.8 Å². The molecule has 0 bridgehead atoms. The average Bonchev–Trinajstić information content (AvgIpc) is 2.38. The Morgan fingerprint density at radius 1 is 1.40 bits per heavy atom. The van der Waals surface area contributed by atoms with E-state index in [2.05, 4.69) is 4.98 Å². The number of nitro groups is 1. The Hall–Kier alpha value is -2.72. The van der Waals surface area contributed by atoms with Crippen LogP contribution in [-0.2, 0) is 0 Å². The van der Waals surface area contributed by atoms with E-state index in [-0.39, 0.29) is 28.0 Å². The molecule has 1 aromatic carbocycles. The van der Waals surface area contributed by atoms with Crippen molar-refractivity contribution >= 4 is 17.3 Å². The summed E-state index contributed by atoms with van der Waals surface area (Å²) in [4.78, 5) is 13.7. The lowest BCUT2D eigenvalue weighted by Gasteiger charge is -2.05. The highest BCUT2D eigenvalue weighted by atomic mass is 35.5. The van der Waals surface area contributed by atoms with Gasteiger partial charge in [-0.1, -0.05) is 11.6 Å². The van der Waals surface area contributed by atoms with Crippen LogP contribution in [0.4, 0.5) is 10.1 Å². The molecule has 0 fully saturated rings. The maximum absolute atomic E-state index is 13.4. The monoisotopic (exact) mass is 293 g/mol. The highest BCUT2D eigenvalue weighted by molar-refractivity contribution is 6.29. The SMILES string of the molecule is N#Cc1ccc(Oc2cc([N+](=O)[O-])cc(Cl)n2)cc1F. The van der Waals surface area contributed by atoms with Gasteiger partial charge in [-0.05, 0) is 12.1 Å². The van der Waals surface area contributed by atoms with Crippen LogP contribution in [0, 0.1) is 27.3 Å². The number of halogens is 2. The van der Waals surface area contributed by atoms with Crippen molar-refractivity contribution in [3.8, 4) is 17.7 Å². The molecule has 20 heavy (non-hydrogen) atoms. The maximum Gasteiger partial charge on any atom is 0.277 e. The molecule has 0 spiro atoms. The summed E-state index contributed by atoms with van der Waals surface area (Å²) in [5.41, 5.74) is -0.434. The van der Waals surface area contributed by atoms with E-state index >= 15 is 0 Å². The van der Waals surface area contributed by atoms with E-state index in [0.717, 1.165) is 18.2 Å². The molecular formula is C12H5ClFN3O3. The van der Waals surface area contributed by atoms with E-state index in [1.807, 2.05) is 0 Å². The van der Waals surface area contributed by atoms with Gasteiger partial charge in [0.2, 0.25) is 5.88 Å². The van der Waals surface area contributed by atoms with Crippen molar-refractivity contribution in [1.82, 2.24) is 4.98 Å². The smallest absolute Gasteiger partial charge is 0.277 e. The first-order chi connectivity index (χ1) is 9.49. The van der Waals surface area contributed by atoms with Crippen LogP contribution >= 0.6 is 11.6 Å². The zero-order chi connectivity index (χ0) is 14.7. The van der Waals surface area contributed by atoms with E-state index in [0.29, 0.717) is 0 Å². The largest absolute Gasteiger partial charge is 0.439 e. The third kappa shape index (κ3) is 2.99. The Labute approximate surface area is 117 Å². The fourth-order valence-corrected chi connectivity index (χ4v) is 1.58. The van der Waals surface area contributed by atoms with Crippen molar-refractivity contribution in [2.45, 2.75) is 0 Å². The summed E-state index contributed by atoms with van der Waals surface area (Å²) in [5, 5.41) is 19.1. The van der Waals surface area contributed by atoms with Gasteiger partial charge in [-0.15, -0.1) is 0 Å². The van der Waals surface area contributed by atoms with E-state index in [1.54, 1.807) is 6.07 Å². The Morgan fingerprint density at radius 3 is 2.75 bits per heavy atom. The highest BCUT2D eigenvalue weighted by Gasteiger charge is 2.12. The summed E-state index contributed by atoms with van der Waals surface area (Å²) in [6, 6.07) is 7.33. The predicted octanol–water partition coefficient (Wildman–Crippen LogP) is 3.45. The van der Waals surface area contributed by atoms with Crippen LogP contribution < -0.4 is 4.74 Å². The summed E-state index contributed by atoms with van der Waals surface area (Å²) < 4.78 is 18.6. The second-order valence-corrected chi connectivity index (χ2v) is 3.99. The van der Waals surface area contributed by atoms with Gasteiger partial charge in [-0.25, -0.2) is 9.37 Å². The molecule has 100 valence electrons. The second kappa shape index (κ2) is 5.50. The molecule has 2 rings (SSSR count). The van der Waals surface area contributed by atoms with E-state index in [9.17, 15) is 14.5 Å². The van der Waals surface area contributed by atoms with Crippen molar-refractivity contribution in [3.63, 3.8) is 0 Å². The lowest BCUT2D eigenvalue weighted by atomic mass is 10.2. The Bertz CT molecular complexity index is 730. The number of aromatic nitrogens is 1. The molecule has 0 N–H and O–H groups in total. The molecule has 1 heterocycles. The Kier molecular flexibility index (Phi) is 3.77. The minimum atomic E-state index is -0.762. The predicted molar refractivity (Wildman–Crippen MR) is 67.1 cm³/mol. The average molecular weight is 294 g/mol. The van der Waals surface area contributed by atoms with Crippen molar-refractivity contribution in [2.75, 3.05) is 0 Å². The zero-order valence-corrected chi connectivity index (χ0v) is 10.5. The van der Waals surface area contributed by atoms with Crippen molar-refractivity contribution < 1.29 is 14.1 Å². The molecule has 2 aromatic rings. The van der Waals surface area contributed by atoms with Crippen molar-refractivity contribution in [3.05, 3.63) is 57.0 Å². The molecule has 6 nitrogen and oxygen atoms in total. The number of rotatable bonds is 3. The van der Waals surface area contributed by atoms with Crippen LogP contribution in [-0.4, -0.2) is 9.91 Å². The van der Waals surface area contributed by atoms with Gasteiger partial charge in [-0.2, -0.15) is 5.26 Å². The van der Waals surface area contributed by atoms with Crippen LogP contribution in [0.2, 0.25) is 5.15 Å². The van der Waals surface area contributed by atoms with Gasteiger partial charge >= 0.3 is 0 Å². The van der Waals surface area contributed by atoms with Gasteiger partial charge in [0.05, 0.1) is 22.6 Å². The van der Waals surface area contributed by atoms with Gasteiger partial charge in [0.15, 0.2) is 0 Å². The minimum Gasteiger partial charge on any atom is -0.439 e. The second-order valence-electron chi connectivity index (χ2n) is 3.60. The van der Waals surface area contributed by atoms with Crippen molar-refractivity contribution in [2.24, 2.45) is 0 Å². The van der Waals surface area contributed by atoms with Crippen molar-refractivity contribution in [1.29, 1.82) is 5.26 Å². The first-order valence-corrected chi connectivity index (χ1v) is 5.57. The number of hydrogen-bond acceptors (Lipinski definition) is 5. The topological polar surface area (TPSA) is 89.0 Å². The first kappa shape index (κ1) is 13.7. The van der Waals surface area contributed by atoms with E-state index in [1.165, 1.54) is 12.1 Å². The molecule has 0 saturated heterocycles. The standard InChI is InChI=1S/C12H5ClFN3O3/c13-11-3-8(17(18)19)4-12(16-11)20-9-2-1-7(6-15)10(14)5-9/h1-5H. The Balaban J connectivity index is 2.33. The van der Waals surface area contributed by atoms with Crippen LogP contribution in [0.5, 0.6) is 11.6 Å². The van der Waals surface area contributed by atoms with Gasteiger partial charge in [-0.3, -0.25) is 10.1 Å². The molecule has 0 unspecified atom stereocenters. The molecule has 0 aliphatic carbocycles. The minimum absolute atomic E-state index is 0.0468. The number of pyridine rings is 1. The van der Waals surface area contributed by atoms with Crippen LogP contribution in [0.3, 0.4) is 0 Å². The summed E-state index contributed by atoms with van der Waals surface area (Å²) in [6.07, 6.45) is 0. The number of nitrogens with zero attached hydrogens (tertiary/aromatic N) is 3. The molecule has 1 aromatic heterocycles. The molecule has 0 aliphatic heterocycles. The number of ether oxygens (including phenoxy) is 1. The summed E-state index contributed by atoms with van der Waals surface area (Å²) >= 11 is 5.63. The van der Waals surface area contributed by atoms with E-state index < -0.39 is 10.7 Å². The molecule has 0 amide bonds. The zero-order valence-electron chi connectivity index (χ0n) is 9.71. The maximum atomic E-state index is 13.4. The summed E-state index contributed by atoms with van der Waals surface area (Å²) in [6.45, 7) is 0. The van der Waals surface area contributed by atoms with Crippen LogP contribution in [0.1, 0.15) is 5.56 Å². The van der Waals surface area contributed by atoms with Gasteiger partial charge in [0, 0.05) is 6.07 Å². The van der Waals surface area contributed by atoms with Gasteiger partial charge < -0.3 is 4.74 Å². The summed E-state index contributed by atoms with van der Waals surface area (Å²) in [5.74, 6) is -0.861. The van der Waals surface area contributed by atoms with Gasteiger partial charge in [0.25, 0.3) is 5.69 Å². The fourth-order valence-electron chi connectivity index (χ4n) is 1.39. The molecule has 0 atom stereocenters. The number of benzene rings is 1. The molecule has 0 aliphatic rings. The summed E-state index contributed by atoms with van der Waals surface area (Å²) in [7, 11) is 0. The normalized spacial score (nSPS) is 9.85. The molecule has 0 radical (unpaired) electrons. The number of nitriles is 1. The molecular weight excluding hydrogens is 289 g/mol. The van der Waals surface area contributed by atoms with Crippen LogP contribution in [0.15, 0.2) is 30.3 Å².